The molecule has 0 spiro atoms. The zero-order chi connectivity index (χ0) is 103. The summed E-state index contributed by atoms with van der Waals surface area (Å²) in [7, 11) is 0. The van der Waals surface area contributed by atoms with E-state index in [9.17, 15) is 9.59 Å². The van der Waals surface area contributed by atoms with Crippen molar-refractivity contribution in [1.29, 1.82) is 0 Å². The second-order valence-corrected chi connectivity index (χ2v) is 41.1. The van der Waals surface area contributed by atoms with Crippen LogP contribution >= 0.6 is 0 Å². The lowest BCUT2D eigenvalue weighted by Gasteiger charge is -2.18. The summed E-state index contributed by atoms with van der Waals surface area (Å²) in [6, 6.07) is 61.0. The molecule has 2 amide bonds. The SMILES string of the molecule is CCCCCCCCCCCCOc1cc(C#Cc2cc(OC[C@@H](C)CCCCC(C)C)c(C#Cc3cc(OCCCCCCCCCCCC)c(C#Cc4ccc(NC(=O)c5ccc(N=Nc6ccccc6)cc5)cc4)cc3OCCCCCCCCCCCC)cc2OC[C@@H](C)CCCCC(C)C)c(OCCCCCCCCCCCC)cc1C#Cc1ccc(NC(=O)c2ccc(N=Nc3ccccc3)cc2)cc1. The second-order valence-electron chi connectivity index (χ2n) is 41.1. The lowest BCUT2D eigenvalue weighted by Crippen LogP contribution is -2.11. The fourth-order valence-electron chi connectivity index (χ4n) is 17.6. The number of rotatable bonds is 72. The summed E-state index contributed by atoms with van der Waals surface area (Å²) < 4.78 is 42.4. The molecule has 0 aliphatic rings. The Labute approximate surface area is 881 Å². The van der Waals surface area contributed by atoms with E-state index in [0.717, 1.165) is 125 Å². The lowest BCUT2D eigenvalue weighted by atomic mass is 10.0. The molecule has 0 bridgehead atoms. The van der Waals surface area contributed by atoms with Gasteiger partial charge in [-0.15, -0.1) is 0 Å². The summed E-state index contributed by atoms with van der Waals surface area (Å²) in [6.07, 6.45) is 57.3. The normalized spacial score (nSPS) is 11.6. The third-order valence-corrected chi connectivity index (χ3v) is 26.7. The van der Waals surface area contributed by atoms with Crippen LogP contribution in [-0.2, 0) is 0 Å². The van der Waals surface area contributed by atoms with E-state index in [0.29, 0.717) is 153 Å². The molecule has 0 unspecified atom stereocenters. The first-order valence-corrected chi connectivity index (χ1v) is 57.0. The molecule has 9 rings (SSSR count). The molecule has 0 saturated heterocycles. The van der Waals surface area contributed by atoms with E-state index in [2.05, 4.69) is 160 Å². The van der Waals surface area contributed by atoms with Crippen LogP contribution in [0.15, 0.2) is 215 Å². The van der Waals surface area contributed by atoms with Gasteiger partial charge < -0.3 is 39.1 Å². The van der Waals surface area contributed by atoms with E-state index in [1.807, 2.05) is 133 Å². The van der Waals surface area contributed by atoms with Crippen molar-refractivity contribution in [3.63, 3.8) is 0 Å². The Morgan fingerprint density at radius 3 is 0.705 bits per heavy atom. The number of hydrogen-bond donors (Lipinski definition) is 2. The second kappa shape index (κ2) is 73.3. The third kappa shape index (κ3) is 49.6. The zero-order valence-corrected chi connectivity index (χ0v) is 91.0. The van der Waals surface area contributed by atoms with Crippen LogP contribution in [0.25, 0.3) is 0 Å². The fourth-order valence-corrected chi connectivity index (χ4v) is 17.6. The van der Waals surface area contributed by atoms with Gasteiger partial charge in [-0.2, -0.15) is 20.5 Å². The summed E-state index contributed by atoms with van der Waals surface area (Å²) in [5, 5.41) is 23.6. The number of ether oxygens (including phenoxy) is 6. The number of unbranched alkanes of at least 4 members (excludes halogenated alkanes) is 38. The minimum absolute atomic E-state index is 0.236. The van der Waals surface area contributed by atoms with Crippen LogP contribution in [0.1, 0.15) is 443 Å². The molecular formula is C132H176N6O8. The molecule has 9 aromatic carbocycles. The van der Waals surface area contributed by atoms with Crippen LogP contribution in [-0.4, -0.2) is 51.5 Å². The highest BCUT2D eigenvalue weighted by Gasteiger charge is 2.20. The highest BCUT2D eigenvalue weighted by molar-refractivity contribution is 6.05. The number of carbonyl (C=O) groups excluding carboxylic acids is 2. The summed E-state index contributed by atoms with van der Waals surface area (Å²) >= 11 is 0. The molecule has 146 heavy (non-hydrogen) atoms. The number of amides is 2. The van der Waals surface area contributed by atoms with Crippen molar-refractivity contribution < 1.29 is 38.0 Å². The first-order chi connectivity index (χ1) is 71.6. The predicted octanol–water partition coefficient (Wildman–Crippen LogP) is 38.3. The smallest absolute Gasteiger partial charge is 0.255 e. The molecule has 0 saturated carbocycles. The zero-order valence-electron chi connectivity index (χ0n) is 91.0. The topological polar surface area (TPSA) is 163 Å². The molecule has 0 heterocycles. The van der Waals surface area contributed by atoms with Gasteiger partial charge in [0.15, 0.2) is 0 Å². The standard InChI is InChI=1S/C132H176N6O8/c1-11-15-19-23-27-31-35-39-43-57-93-141-125-99-115(127(143-95-59-45-41-37-33-29-25-21-17-13-3)97-113(125)75-69-109-71-85-119(86-72-109)133-131(139)111-81-89-123(90-82-111)137-135-121-65-49-47-50-66-121)77-79-117-101-130(146-104-108(10)64-56-54-62-106(7)8)118(102-129(117)145-103-107(9)63-55-53-61-105(5)6)80-78-116-100-126(142-94-58-44-40-36-32-28-24-20-16-12-2)114(98-128(116)144-96-60-46-42-38-34-30-26-22-18-14-4)76-70-110-73-87-120(88-74-110)134-132(140)112-83-91-124(92-84-112)138-136-122-67-51-48-52-68-122/h47-52,65-68,71-74,81-92,97-102,105-108H,11-46,53-64,93-96,103-104H2,1-10H3,(H,133,139)(H,134,140)/t107-,108-/m0/s1. The van der Waals surface area contributed by atoms with Crippen molar-refractivity contribution in [2.75, 3.05) is 50.3 Å². The van der Waals surface area contributed by atoms with E-state index < -0.39 is 0 Å². The number of benzene rings is 9. The Morgan fingerprint density at radius 2 is 0.459 bits per heavy atom. The molecule has 2 atom stereocenters. The van der Waals surface area contributed by atoms with E-state index in [4.69, 9.17) is 28.4 Å². The van der Waals surface area contributed by atoms with Gasteiger partial charge in [0.25, 0.3) is 11.8 Å². The summed E-state index contributed by atoms with van der Waals surface area (Å²) in [4.78, 5) is 27.4. The van der Waals surface area contributed by atoms with Crippen LogP contribution in [0.2, 0.25) is 0 Å². The summed E-state index contributed by atoms with van der Waals surface area (Å²) in [5.74, 6) is 34.0. The van der Waals surface area contributed by atoms with Gasteiger partial charge >= 0.3 is 0 Å². The quantitative estimate of drug-likeness (QED) is 0.0216. The van der Waals surface area contributed by atoms with E-state index in [-0.39, 0.29) is 23.7 Å². The van der Waals surface area contributed by atoms with Crippen LogP contribution < -0.4 is 39.1 Å². The van der Waals surface area contributed by atoms with Gasteiger partial charge in [0, 0.05) is 70.0 Å². The van der Waals surface area contributed by atoms with Crippen molar-refractivity contribution in [3.8, 4) is 81.9 Å². The Hall–Kier alpha value is -11.8. The molecule has 0 aromatic heterocycles. The van der Waals surface area contributed by atoms with E-state index in [1.165, 1.54) is 205 Å². The predicted molar refractivity (Wildman–Crippen MR) is 611 cm³/mol. The molecule has 0 radical (unpaired) electrons. The minimum Gasteiger partial charge on any atom is -0.492 e. The van der Waals surface area contributed by atoms with E-state index >= 15 is 0 Å². The molecule has 0 aliphatic carbocycles. The summed E-state index contributed by atoms with van der Waals surface area (Å²) in [5.41, 5.74) is 10.8. The molecule has 14 nitrogen and oxygen atoms in total. The third-order valence-electron chi connectivity index (χ3n) is 26.7. The highest BCUT2D eigenvalue weighted by atomic mass is 16.5. The minimum atomic E-state index is -0.236. The lowest BCUT2D eigenvalue weighted by molar-refractivity contribution is 0.101. The Bertz CT molecular complexity index is 5130. The summed E-state index contributed by atoms with van der Waals surface area (Å²) in [6.45, 7) is 25.9. The van der Waals surface area contributed by atoms with Crippen LogP contribution in [0.3, 0.4) is 0 Å². The monoisotopic (exact) mass is 1970 g/mol. The molecule has 0 fully saturated rings. The highest BCUT2D eigenvalue weighted by Crippen LogP contribution is 2.37. The van der Waals surface area contributed by atoms with Crippen molar-refractivity contribution >= 4 is 45.9 Å². The van der Waals surface area contributed by atoms with Crippen LogP contribution in [0, 0.1) is 71.0 Å². The van der Waals surface area contributed by atoms with Crippen molar-refractivity contribution in [2.45, 2.75) is 377 Å². The van der Waals surface area contributed by atoms with Gasteiger partial charge in [-0.1, -0.05) is 423 Å². The number of nitrogens with zero attached hydrogens (tertiary/aromatic N) is 4. The van der Waals surface area contributed by atoms with Gasteiger partial charge in [-0.3, -0.25) is 9.59 Å². The maximum atomic E-state index is 13.7. The van der Waals surface area contributed by atoms with Crippen molar-refractivity contribution in [2.24, 2.45) is 44.1 Å². The molecule has 9 aromatic rings. The molecule has 0 aliphatic heterocycles. The van der Waals surface area contributed by atoms with Gasteiger partial charge in [-0.05, 0) is 184 Å². The Balaban J connectivity index is 1.13. The molecular weight excluding hydrogens is 1800 g/mol. The first kappa shape index (κ1) is 118. The first-order valence-electron chi connectivity index (χ1n) is 57.0. The fraction of sp³-hybridized carbons (Fsp3) is 0.515. The van der Waals surface area contributed by atoms with Crippen molar-refractivity contribution in [3.05, 3.63) is 250 Å². The molecule has 782 valence electrons. The number of azo groups is 2. The average Bonchev–Trinajstić information content (AvgIpc) is 0.789. The van der Waals surface area contributed by atoms with Crippen molar-refractivity contribution in [1.82, 2.24) is 0 Å². The van der Waals surface area contributed by atoms with Gasteiger partial charge in [0.05, 0.1) is 95.8 Å². The Morgan fingerprint density at radius 1 is 0.240 bits per heavy atom. The number of nitrogens with one attached hydrogen (secondary N) is 2. The van der Waals surface area contributed by atoms with Gasteiger partial charge in [-0.25, -0.2) is 0 Å². The average molecular weight is 1970 g/mol. The maximum absolute atomic E-state index is 13.7. The molecule has 14 heteroatoms. The van der Waals surface area contributed by atoms with Gasteiger partial charge in [0.2, 0.25) is 0 Å². The number of anilines is 2. The van der Waals surface area contributed by atoms with Crippen LogP contribution in [0.4, 0.5) is 34.1 Å². The number of hydrogen-bond acceptors (Lipinski definition) is 12. The van der Waals surface area contributed by atoms with E-state index in [1.54, 1.807) is 48.5 Å². The van der Waals surface area contributed by atoms with Crippen LogP contribution in [0.5, 0.6) is 34.5 Å². The number of carbonyl (C=O) groups is 2. The Kier molecular flexibility index (Phi) is 59.1. The molecule has 2 N–H and O–H groups in total. The maximum Gasteiger partial charge on any atom is 0.255 e. The van der Waals surface area contributed by atoms with Gasteiger partial charge in [0.1, 0.15) is 34.5 Å². The largest absolute Gasteiger partial charge is 0.492 e.